The van der Waals surface area contributed by atoms with E-state index in [1.165, 1.54) is 4.90 Å². The highest BCUT2D eigenvalue weighted by Gasteiger charge is 2.18. The quantitative estimate of drug-likeness (QED) is 0.946. The molecule has 1 aromatic heterocycles. The molecule has 6 heteroatoms. The maximum atomic E-state index is 12.1. The SMILES string of the molecule is CN(C(=O)CNC(=O)OC(C)(C)C)c1ccc2occc2c1. The molecule has 0 aliphatic heterocycles. The molecule has 0 aliphatic rings. The summed E-state index contributed by atoms with van der Waals surface area (Å²) in [6, 6.07) is 7.27. The predicted molar refractivity (Wildman–Crippen MR) is 83.9 cm³/mol. The molecule has 2 rings (SSSR count). The molecule has 6 nitrogen and oxygen atoms in total. The first kappa shape index (κ1) is 15.9. The lowest BCUT2D eigenvalue weighted by Crippen LogP contribution is -2.40. The minimum absolute atomic E-state index is 0.130. The number of furan rings is 1. The molecule has 0 unspecified atom stereocenters. The maximum Gasteiger partial charge on any atom is 0.408 e. The van der Waals surface area contributed by atoms with Crippen molar-refractivity contribution in [2.45, 2.75) is 26.4 Å². The Morgan fingerprint density at radius 1 is 1.27 bits per heavy atom. The van der Waals surface area contributed by atoms with Crippen LogP contribution in [0.3, 0.4) is 0 Å². The van der Waals surface area contributed by atoms with Crippen LogP contribution in [0.2, 0.25) is 0 Å². The molecule has 0 fully saturated rings. The highest BCUT2D eigenvalue weighted by Crippen LogP contribution is 2.22. The van der Waals surface area contributed by atoms with Crippen molar-refractivity contribution < 1.29 is 18.7 Å². The van der Waals surface area contributed by atoms with Crippen LogP contribution in [-0.2, 0) is 9.53 Å². The van der Waals surface area contributed by atoms with Crippen molar-refractivity contribution >= 4 is 28.7 Å². The van der Waals surface area contributed by atoms with Crippen LogP contribution in [0, 0.1) is 0 Å². The second kappa shape index (κ2) is 6.09. The summed E-state index contributed by atoms with van der Waals surface area (Å²) in [5, 5.41) is 3.37. The Kier molecular flexibility index (Phi) is 4.40. The summed E-state index contributed by atoms with van der Waals surface area (Å²) in [7, 11) is 1.65. The maximum absolute atomic E-state index is 12.1. The zero-order valence-electron chi connectivity index (χ0n) is 13.2. The third kappa shape index (κ3) is 4.00. The van der Waals surface area contributed by atoms with E-state index >= 15 is 0 Å². The van der Waals surface area contributed by atoms with Crippen LogP contribution in [0.4, 0.5) is 10.5 Å². The highest BCUT2D eigenvalue weighted by atomic mass is 16.6. The number of hydrogen-bond acceptors (Lipinski definition) is 4. The number of rotatable bonds is 3. The molecule has 2 amide bonds. The van der Waals surface area contributed by atoms with Gasteiger partial charge in [-0.15, -0.1) is 0 Å². The summed E-state index contributed by atoms with van der Waals surface area (Å²) in [6.07, 6.45) is 0.986. The lowest BCUT2D eigenvalue weighted by molar-refractivity contribution is -0.117. The van der Waals surface area contributed by atoms with Crippen molar-refractivity contribution in [3.63, 3.8) is 0 Å². The monoisotopic (exact) mass is 304 g/mol. The first-order valence-corrected chi connectivity index (χ1v) is 6.97. The van der Waals surface area contributed by atoms with Crippen LogP contribution in [0.1, 0.15) is 20.8 Å². The lowest BCUT2D eigenvalue weighted by Gasteiger charge is -2.21. The average Bonchev–Trinajstić information content (AvgIpc) is 2.89. The molecular formula is C16H20N2O4. The van der Waals surface area contributed by atoms with Gasteiger partial charge in [0.05, 0.1) is 6.26 Å². The van der Waals surface area contributed by atoms with Crippen LogP contribution in [-0.4, -0.2) is 31.2 Å². The Balaban J connectivity index is 1.95. The number of carbonyl (C=O) groups is 2. The van der Waals surface area contributed by atoms with Gasteiger partial charge in [-0.05, 0) is 45.0 Å². The number of alkyl carbamates (subject to hydrolysis) is 1. The van der Waals surface area contributed by atoms with E-state index in [2.05, 4.69) is 5.32 Å². The summed E-state index contributed by atoms with van der Waals surface area (Å²) in [6.45, 7) is 5.16. The van der Waals surface area contributed by atoms with Gasteiger partial charge in [-0.3, -0.25) is 4.79 Å². The van der Waals surface area contributed by atoms with E-state index in [1.807, 2.05) is 12.1 Å². The number of fused-ring (bicyclic) bond motifs is 1. The molecule has 0 saturated carbocycles. The number of likely N-dealkylation sites (N-methyl/N-ethyl adjacent to an activating group) is 1. The van der Waals surface area contributed by atoms with E-state index in [9.17, 15) is 9.59 Å². The van der Waals surface area contributed by atoms with Crippen molar-refractivity contribution in [1.82, 2.24) is 5.32 Å². The largest absolute Gasteiger partial charge is 0.464 e. The topological polar surface area (TPSA) is 71.8 Å². The summed E-state index contributed by atoms with van der Waals surface area (Å²) in [4.78, 5) is 25.1. The van der Waals surface area contributed by atoms with Crippen LogP contribution in [0.5, 0.6) is 0 Å². The Morgan fingerprint density at radius 2 is 2.00 bits per heavy atom. The average molecular weight is 304 g/mol. The van der Waals surface area contributed by atoms with Gasteiger partial charge in [0.15, 0.2) is 0 Å². The summed E-state index contributed by atoms with van der Waals surface area (Å²) >= 11 is 0. The first-order valence-electron chi connectivity index (χ1n) is 6.97. The number of benzene rings is 1. The standard InChI is InChI=1S/C16H20N2O4/c1-16(2,3)22-15(20)17-10-14(19)18(4)12-5-6-13-11(9-12)7-8-21-13/h5-9H,10H2,1-4H3,(H,17,20). The van der Waals surface area contributed by atoms with Crippen molar-refractivity contribution in [1.29, 1.82) is 0 Å². The minimum atomic E-state index is -0.612. The van der Waals surface area contributed by atoms with Crippen LogP contribution >= 0.6 is 0 Å². The zero-order chi connectivity index (χ0) is 16.3. The molecule has 0 atom stereocenters. The number of nitrogens with one attached hydrogen (secondary N) is 1. The third-order valence-electron chi connectivity index (χ3n) is 2.98. The van der Waals surface area contributed by atoms with Gasteiger partial charge in [0.1, 0.15) is 17.7 Å². The zero-order valence-corrected chi connectivity index (χ0v) is 13.2. The van der Waals surface area contributed by atoms with Crippen LogP contribution < -0.4 is 10.2 Å². The molecular weight excluding hydrogens is 284 g/mol. The summed E-state index contributed by atoms with van der Waals surface area (Å²) in [5.41, 5.74) is 0.895. The number of nitrogens with zero attached hydrogens (tertiary/aromatic N) is 1. The van der Waals surface area contributed by atoms with Gasteiger partial charge in [0.2, 0.25) is 5.91 Å². The van der Waals surface area contributed by atoms with E-state index in [4.69, 9.17) is 9.15 Å². The van der Waals surface area contributed by atoms with Gasteiger partial charge in [0.25, 0.3) is 0 Å². The third-order valence-corrected chi connectivity index (χ3v) is 2.98. The molecule has 0 bridgehead atoms. The number of anilines is 1. The Bertz CT molecular complexity index is 685. The smallest absolute Gasteiger partial charge is 0.408 e. The fourth-order valence-electron chi connectivity index (χ4n) is 1.89. The van der Waals surface area contributed by atoms with Gasteiger partial charge in [-0.2, -0.15) is 0 Å². The van der Waals surface area contributed by atoms with E-state index < -0.39 is 11.7 Å². The van der Waals surface area contributed by atoms with E-state index in [-0.39, 0.29) is 12.5 Å². The number of carbonyl (C=O) groups excluding carboxylic acids is 2. The van der Waals surface area contributed by atoms with E-state index in [0.29, 0.717) is 0 Å². The number of ether oxygens (including phenoxy) is 1. The van der Waals surface area contributed by atoms with Gasteiger partial charge >= 0.3 is 6.09 Å². The van der Waals surface area contributed by atoms with E-state index in [0.717, 1.165) is 16.7 Å². The molecule has 2 aromatic rings. The van der Waals surface area contributed by atoms with Crippen molar-refractivity contribution in [3.05, 3.63) is 30.5 Å². The molecule has 1 heterocycles. The predicted octanol–water partition coefficient (Wildman–Crippen LogP) is 2.92. The molecule has 0 saturated heterocycles. The first-order chi connectivity index (χ1) is 10.3. The second-order valence-corrected chi connectivity index (χ2v) is 5.95. The lowest BCUT2D eigenvalue weighted by atomic mass is 10.2. The molecule has 22 heavy (non-hydrogen) atoms. The fraction of sp³-hybridized carbons (Fsp3) is 0.375. The molecule has 1 aromatic carbocycles. The molecule has 0 aliphatic carbocycles. The van der Waals surface area contributed by atoms with Gasteiger partial charge in [-0.1, -0.05) is 0 Å². The minimum Gasteiger partial charge on any atom is -0.464 e. The van der Waals surface area contributed by atoms with Gasteiger partial charge in [0, 0.05) is 18.1 Å². The Labute approximate surface area is 129 Å². The Morgan fingerprint density at radius 3 is 2.68 bits per heavy atom. The van der Waals surface area contributed by atoms with Crippen molar-refractivity contribution in [3.8, 4) is 0 Å². The summed E-state index contributed by atoms with van der Waals surface area (Å²) < 4.78 is 10.3. The highest BCUT2D eigenvalue weighted by molar-refractivity contribution is 5.97. The summed E-state index contributed by atoms with van der Waals surface area (Å²) in [5.74, 6) is -0.242. The molecule has 118 valence electrons. The van der Waals surface area contributed by atoms with Crippen molar-refractivity contribution in [2.75, 3.05) is 18.5 Å². The Hall–Kier alpha value is -2.50. The molecule has 0 spiro atoms. The van der Waals surface area contributed by atoms with Gasteiger partial charge < -0.3 is 19.4 Å². The second-order valence-electron chi connectivity index (χ2n) is 5.95. The number of hydrogen-bond donors (Lipinski definition) is 1. The van der Waals surface area contributed by atoms with Crippen molar-refractivity contribution in [2.24, 2.45) is 0 Å². The van der Waals surface area contributed by atoms with Gasteiger partial charge in [-0.25, -0.2) is 4.79 Å². The van der Waals surface area contributed by atoms with Crippen LogP contribution in [0.25, 0.3) is 11.0 Å². The fourth-order valence-corrected chi connectivity index (χ4v) is 1.89. The van der Waals surface area contributed by atoms with Crippen LogP contribution in [0.15, 0.2) is 34.9 Å². The number of amides is 2. The molecule has 0 radical (unpaired) electrons. The molecule has 1 N–H and O–H groups in total. The van der Waals surface area contributed by atoms with E-state index in [1.54, 1.807) is 46.2 Å². The normalized spacial score (nSPS) is 11.3.